The van der Waals surface area contributed by atoms with Crippen LogP contribution in [-0.2, 0) is 23.8 Å². The molecule has 11 nitrogen and oxygen atoms in total. The Bertz CT molecular complexity index is 1050. The predicted octanol–water partition coefficient (Wildman–Crippen LogP) is 5.78. The Labute approximate surface area is 243 Å². The molecule has 0 aliphatic carbocycles. The summed E-state index contributed by atoms with van der Waals surface area (Å²) < 4.78 is 26.5. The number of carbonyl (C=O) groups excluding carboxylic acids is 3. The summed E-state index contributed by atoms with van der Waals surface area (Å²) in [5, 5.41) is 9.74. The Morgan fingerprint density at radius 2 is 1.29 bits per heavy atom. The van der Waals surface area contributed by atoms with Gasteiger partial charge in [0.25, 0.3) is 0 Å². The van der Waals surface area contributed by atoms with E-state index in [9.17, 15) is 24.3 Å². The lowest BCUT2D eigenvalue weighted by molar-refractivity contribution is -0.151. The topological polar surface area (TPSA) is 161 Å². The van der Waals surface area contributed by atoms with Crippen LogP contribution in [0.3, 0.4) is 0 Å². The van der Waals surface area contributed by atoms with Gasteiger partial charge in [-0.2, -0.15) is 0 Å². The van der Waals surface area contributed by atoms with Crippen molar-refractivity contribution in [3.8, 4) is 11.5 Å². The molecule has 1 aromatic rings. The van der Waals surface area contributed by atoms with Crippen molar-refractivity contribution in [2.75, 3.05) is 19.8 Å². The molecule has 0 radical (unpaired) electrons. The zero-order valence-electron chi connectivity index (χ0n) is 25.9. The van der Waals surface area contributed by atoms with Gasteiger partial charge in [-0.15, -0.1) is 0 Å². The first kappa shape index (κ1) is 35.7. The fraction of sp³-hybridized carbons (Fsp3) is 0.667. The second-order valence-electron chi connectivity index (χ2n) is 13.1. The molecule has 1 rings (SSSR count). The van der Waals surface area contributed by atoms with Gasteiger partial charge in [-0.25, -0.2) is 9.59 Å². The maximum Gasteiger partial charge on any atom is 0.513 e. The van der Waals surface area contributed by atoms with Crippen molar-refractivity contribution >= 4 is 24.2 Å². The van der Waals surface area contributed by atoms with E-state index in [1.54, 1.807) is 13.8 Å². The lowest BCUT2D eigenvalue weighted by Gasteiger charge is -2.28. The highest BCUT2D eigenvalue weighted by Crippen LogP contribution is 2.36. The maximum absolute atomic E-state index is 12.5. The Morgan fingerprint density at radius 1 is 0.805 bits per heavy atom. The number of carboxylic acid groups (broad SMARTS) is 1. The highest BCUT2D eigenvalue weighted by atomic mass is 16.7. The van der Waals surface area contributed by atoms with Gasteiger partial charge in [0.15, 0.2) is 11.5 Å². The van der Waals surface area contributed by atoms with E-state index in [0.29, 0.717) is 5.56 Å². The predicted molar refractivity (Wildman–Crippen MR) is 152 cm³/mol. The number of carboxylic acids is 1. The summed E-state index contributed by atoms with van der Waals surface area (Å²) in [6, 6.07) is 2.81. The quantitative estimate of drug-likeness (QED) is 0.175. The average Bonchev–Trinajstić information content (AvgIpc) is 2.84. The molecule has 0 spiro atoms. The molecule has 0 saturated carbocycles. The van der Waals surface area contributed by atoms with Crippen LogP contribution >= 0.6 is 0 Å². The van der Waals surface area contributed by atoms with Crippen LogP contribution in [0.1, 0.15) is 80.7 Å². The number of hydrogen-bond donors (Lipinski definition) is 2. The van der Waals surface area contributed by atoms with Crippen LogP contribution in [0.5, 0.6) is 11.5 Å². The van der Waals surface area contributed by atoms with Crippen molar-refractivity contribution in [1.82, 2.24) is 0 Å². The van der Waals surface area contributed by atoms with Crippen LogP contribution in [0, 0.1) is 28.6 Å². The van der Waals surface area contributed by atoms with Gasteiger partial charge in [0.05, 0.1) is 25.7 Å². The second-order valence-corrected chi connectivity index (χ2v) is 13.1. The average molecular weight is 582 g/mol. The van der Waals surface area contributed by atoms with E-state index in [2.05, 4.69) is 0 Å². The molecule has 3 unspecified atom stereocenters. The Morgan fingerprint density at radius 3 is 1.73 bits per heavy atom. The van der Waals surface area contributed by atoms with Crippen LogP contribution in [0.25, 0.3) is 0 Å². The second kappa shape index (κ2) is 15.0. The number of esters is 1. The van der Waals surface area contributed by atoms with Gasteiger partial charge in [0.1, 0.15) is 6.04 Å². The molecule has 0 aliphatic heterocycles. The van der Waals surface area contributed by atoms with Gasteiger partial charge in [-0.1, -0.05) is 75.3 Å². The molecule has 0 fully saturated rings. The van der Waals surface area contributed by atoms with Crippen LogP contribution < -0.4 is 15.2 Å². The third kappa shape index (κ3) is 12.8. The van der Waals surface area contributed by atoms with Gasteiger partial charge in [0, 0.05) is 5.92 Å². The lowest BCUT2D eigenvalue weighted by atomic mass is 9.82. The third-order valence-corrected chi connectivity index (χ3v) is 6.13. The maximum atomic E-state index is 12.5. The molecule has 3 N–H and O–H groups in total. The highest BCUT2D eigenvalue weighted by molar-refractivity contribution is 5.75. The highest BCUT2D eigenvalue weighted by Gasteiger charge is 2.33. The van der Waals surface area contributed by atoms with Crippen molar-refractivity contribution in [1.29, 1.82) is 0 Å². The largest absolute Gasteiger partial charge is 0.513 e. The van der Waals surface area contributed by atoms with Gasteiger partial charge < -0.3 is 34.5 Å². The first-order chi connectivity index (χ1) is 18.7. The van der Waals surface area contributed by atoms with Gasteiger partial charge in [-0.3, -0.25) is 9.59 Å². The number of ether oxygens (including phenoxy) is 5. The standard InChI is InChI=1S/C30H47NO10/c1-17(2)19(4)26(34)37-14-18(3)23(24(31)25(32)33)20-11-12-21(40-27(35)38-15-29(5,6)7)22(13-20)41-28(36)39-16-30(8,9)10/h11-13,17-19,23-24H,14-16,31H2,1-10H3,(H,32,33)/t18?,19?,23?,24-/m0/s1. The molecule has 0 amide bonds. The van der Waals surface area contributed by atoms with E-state index in [1.165, 1.54) is 18.2 Å². The molecule has 11 heteroatoms. The minimum Gasteiger partial charge on any atom is -0.480 e. The molecule has 1 aromatic carbocycles. The number of benzene rings is 1. The molecule has 0 bridgehead atoms. The van der Waals surface area contributed by atoms with Crippen molar-refractivity contribution in [3.63, 3.8) is 0 Å². The SMILES string of the molecule is CC(C)C(C)C(=O)OCC(C)C(c1ccc(OC(=O)OCC(C)(C)C)c(OC(=O)OCC(C)(C)C)c1)[C@H](N)C(=O)O. The van der Waals surface area contributed by atoms with Crippen molar-refractivity contribution in [2.24, 2.45) is 34.3 Å². The number of carbonyl (C=O) groups is 4. The number of hydrogen-bond acceptors (Lipinski definition) is 10. The summed E-state index contributed by atoms with van der Waals surface area (Å²) in [5.74, 6) is -3.72. The summed E-state index contributed by atoms with van der Waals surface area (Å²) in [5.41, 5.74) is 5.78. The van der Waals surface area contributed by atoms with Gasteiger partial charge >= 0.3 is 24.2 Å². The monoisotopic (exact) mass is 581 g/mol. The van der Waals surface area contributed by atoms with E-state index in [0.717, 1.165) is 0 Å². The van der Waals surface area contributed by atoms with E-state index in [-0.39, 0.29) is 54.0 Å². The van der Waals surface area contributed by atoms with E-state index in [4.69, 9.17) is 29.4 Å². The zero-order valence-corrected chi connectivity index (χ0v) is 25.9. The lowest BCUT2D eigenvalue weighted by Crippen LogP contribution is -2.41. The number of rotatable bonds is 12. The Kier molecular flexibility index (Phi) is 13.1. The summed E-state index contributed by atoms with van der Waals surface area (Å²) in [6.07, 6.45) is -2.06. The number of aliphatic carboxylic acids is 1. The van der Waals surface area contributed by atoms with E-state index < -0.39 is 42.1 Å². The third-order valence-electron chi connectivity index (χ3n) is 6.13. The molecule has 0 aliphatic rings. The van der Waals surface area contributed by atoms with E-state index >= 15 is 0 Å². The minimum atomic E-state index is -1.39. The van der Waals surface area contributed by atoms with Crippen molar-refractivity contribution in [2.45, 2.75) is 81.2 Å². The first-order valence-corrected chi connectivity index (χ1v) is 13.7. The Hall–Kier alpha value is -3.34. The normalized spacial score (nSPS) is 14.8. The molecule has 232 valence electrons. The minimum absolute atomic E-state index is 0.0546. The molecule has 0 saturated heterocycles. The Balaban J connectivity index is 3.38. The van der Waals surface area contributed by atoms with Gasteiger partial charge in [0.2, 0.25) is 0 Å². The molecule has 0 aromatic heterocycles. The van der Waals surface area contributed by atoms with Crippen molar-refractivity contribution in [3.05, 3.63) is 23.8 Å². The fourth-order valence-electron chi connectivity index (χ4n) is 3.45. The van der Waals surface area contributed by atoms with Crippen molar-refractivity contribution < 1.29 is 48.0 Å². The molecule has 41 heavy (non-hydrogen) atoms. The van der Waals surface area contributed by atoms with Crippen LogP contribution in [-0.4, -0.2) is 55.2 Å². The summed E-state index contributed by atoms with van der Waals surface area (Å²) >= 11 is 0. The summed E-state index contributed by atoms with van der Waals surface area (Å²) in [4.78, 5) is 49.2. The summed E-state index contributed by atoms with van der Waals surface area (Å²) in [6.45, 7) is 18.5. The van der Waals surface area contributed by atoms with E-state index in [1.807, 2.05) is 55.4 Å². The first-order valence-electron chi connectivity index (χ1n) is 13.7. The van der Waals surface area contributed by atoms with Gasteiger partial charge in [-0.05, 0) is 40.4 Å². The molecule has 0 heterocycles. The zero-order chi connectivity index (χ0) is 31.7. The number of nitrogens with two attached hydrogens (primary N) is 1. The molecular weight excluding hydrogens is 534 g/mol. The summed E-state index contributed by atoms with van der Waals surface area (Å²) in [7, 11) is 0. The van der Waals surface area contributed by atoms with Crippen LogP contribution in [0.4, 0.5) is 9.59 Å². The molecular formula is C30H47NO10. The smallest absolute Gasteiger partial charge is 0.480 e. The van der Waals surface area contributed by atoms with Crippen LogP contribution in [0.2, 0.25) is 0 Å². The molecule has 4 atom stereocenters. The fourth-order valence-corrected chi connectivity index (χ4v) is 3.45. The van der Waals surface area contributed by atoms with Crippen LogP contribution in [0.15, 0.2) is 18.2 Å².